The molecule has 3 atom stereocenters. The van der Waals surface area contributed by atoms with Crippen molar-refractivity contribution in [1.29, 1.82) is 0 Å². The van der Waals surface area contributed by atoms with Gasteiger partial charge in [0, 0.05) is 19.3 Å². The summed E-state index contributed by atoms with van der Waals surface area (Å²) in [4.78, 5) is 48.7. The molecule has 1 aliphatic rings. The molecular weight excluding hydrogens is 398 g/mol. The Bertz CT molecular complexity index is 933. The van der Waals surface area contributed by atoms with Crippen molar-refractivity contribution < 1.29 is 24.3 Å². The third-order valence-electron chi connectivity index (χ3n) is 5.12. The van der Waals surface area contributed by atoms with E-state index in [2.05, 4.69) is 16.0 Å². The van der Waals surface area contributed by atoms with Gasteiger partial charge in [0.15, 0.2) is 0 Å². The van der Waals surface area contributed by atoms with Gasteiger partial charge in [-0.15, -0.1) is 0 Å². The zero-order valence-electron chi connectivity index (χ0n) is 16.9. The fourth-order valence-corrected chi connectivity index (χ4v) is 3.46. The summed E-state index contributed by atoms with van der Waals surface area (Å²) in [6.45, 7) is 0. The normalized spacial score (nSPS) is 17.3. The minimum Gasteiger partial charge on any atom is -0.480 e. The van der Waals surface area contributed by atoms with Gasteiger partial charge >= 0.3 is 5.97 Å². The predicted octanol–water partition coefficient (Wildman–Crippen LogP) is 0.805. The summed E-state index contributed by atoms with van der Waals surface area (Å²) in [5.41, 5.74) is 1.58. The molecule has 162 valence electrons. The zero-order valence-corrected chi connectivity index (χ0v) is 16.9. The van der Waals surface area contributed by atoms with Crippen LogP contribution >= 0.6 is 0 Å². The first-order chi connectivity index (χ1) is 14.9. The van der Waals surface area contributed by atoms with Crippen molar-refractivity contribution in [3.8, 4) is 0 Å². The van der Waals surface area contributed by atoms with Gasteiger partial charge in [0.2, 0.25) is 17.7 Å². The average Bonchev–Trinajstić information content (AvgIpc) is 3.20. The lowest BCUT2D eigenvalue weighted by molar-refractivity contribution is -0.142. The molecule has 0 spiro atoms. The number of carboxylic acids is 1. The van der Waals surface area contributed by atoms with Gasteiger partial charge in [0.05, 0.1) is 0 Å². The maximum absolute atomic E-state index is 13.0. The van der Waals surface area contributed by atoms with Crippen molar-refractivity contribution in [3.05, 3.63) is 71.8 Å². The Labute approximate surface area is 180 Å². The molecule has 31 heavy (non-hydrogen) atoms. The zero-order chi connectivity index (χ0) is 22.2. The Morgan fingerprint density at radius 1 is 0.903 bits per heavy atom. The maximum atomic E-state index is 13.0. The quantitative estimate of drug-likeness (QED) is 0.475. The molecule has 1 fully saturated rings. The summed E-state index contributed by atoms with van der Waals surface area (Å²) >= 11 is 0. The van der Waals surface area contributed by atoms with Gasteiger partial charge in [-0.2, -0.15) is 0 Å². The highest BCUT2D eigenvalue weighted by atomic mass is 16.4. The van der Waals surface area contributed by atoms with Crippen LogP contribution in [0.15, 0.2) is 60.7 Å². The number of aliphatic carboxylic acids is 1. The summed E-state index contributed by atoms with van der Waals surface area (Å²) in [7, 11) is 0. The lowest BCUT2D eigenvalue weighted by atomic mass is 10.0. The van der Waals surface area contributed by atoms with Gasteiger partial charge in [-0.1, -0.05) is 60.7 Å². The van der Waals surface area contributed by atoms with Crippen LogP contribution in [0.2, 0.25) is 0 Å². The van der Waals surface area contributed by atoms with E-state index >= 15 is 0 Å². The van der Waals surface area contributed by atoms with Gasteiger partial charge < -0.3 is 21.1 Å². The van der Waals surface area contributed by atoms with Crippen LogP contribution in [0.1, 0.15) is 24.0 Å². The van der Waals surface area contributed by atoms with Crippen molar-refractivity contribution in [1.82, 2.24) is 16.0 Å². The first kappa shape index (κ1) is 22.0. The van der Waals surface area contributed by atoms with Crippen LogP contribution in [-0.4, -0.2) is 46.9 Å². The van der Waals surface area contributed by atoms with Gasteiger partial charge in [-0.05, 0) is 17.5 Å². The fraction of sp³-hybridized carbons (Fsp3) is 0.304. The van der Waals surface area contributed by atoms with E-state index in [1.54, 1.807) is 24.3 Å². The highest BCUT2D eigenvalue weighted by Crippen LogP contribution is 2.10. The minimum absolute atomic E-state index is 0.118. The number of carbonyl (C=O) groups is 4. The molecule has 3 amide bonds. The molecule has 3 rings (SSSR count). The fourth-order valence-electron chi connectivity index (χ4n) is 3.46. The second kappa shape index (κ2) is 10.4. The Kier molecular flexibility index (Phi) is 7.37. The molecule has 4 N–H and O–H groups in total. The predicted molar refractivity (Wildman–Crippen MR) is 113 cm³/mol. The van der Waals surface area contributed by atoms with E-state index < -0.39 is 35.9 Å². The Hall–Kier alpha value is -3.68. The molecule has 0 bridgehead atoms. The molecule has 0 unspecified atom stereocenters. The summed E-state index contributed by atoms with van der Waals surface area (Å²) in [6.07, 6.45) is 0.922. The van der Waals surface area contributed by atoms with E-state index in [4.69, 9.17) is 0 Å². The average molecular weight is 423 g/mol. The second-order valence-electron chi connectivity index (χ2n) is 7.50. The van der Waals surface area contributed by atoms with Gasteiger partial charge in [-0.25, -0.2) is 4.79 Å². The summed E-state index contributed by atoms with van der Waals surface area (Å²) in [5.74, 6) is -2.43. The number of carbonyl (C=O) groups excluding carboxylic acids is 3. The van der Waals surface area contributed by atoms with Crippen molar-refractivity contribution in [3.63, 3.8) is 0 Å². The van der Waals surface area contributed by atoms with Crippen molar-refractivity contribution in [2.45, 2.75) is 43.8 Å². The van der Waals surface area contributed by atoms with E-state index in [1.807, 2.05) is 36.4 Å². The maximum Gasteiger partial charge on any atom is 0.326 e. The lowest BCUT2D eigenvalue weighted by Gasteiger charge is -2.23. The highest BCUT2D eigenvalue weighted by Gasteiger charge is 2.32. The number of amides is 3. The molecule has 8 heteroatoms. The largest absolute Gasteiger partial charge is 0.480 e. The molecule has 0 aliphatic carbocycles. The first-order valence-electron chi connectivity index (χ1n) is 10.1. The van der Waals surface area contributed by atoms with Gasteiger partial charge in [0.1, 0.15) is 18.1 Å². The molecule has 8 nitrogen and oxygen atoms in total. The molecular formula is C23H25N3O5. The van der Waals surface area contributed by atoms with Crippen LogP contribution in [0.3, 0.4) is 0 Å². The number of hydrogen-bond acceptors (Lipinski definition) is 4. The van der Waals surface area contributed by atoms with Crippen LogP contribution in [-0.2, 0) is 32.0 Å². The smallest absolute Gasteiger partial charge is 0.326 e. The first-order valence-corrected chi connectivity index (χ1v) is 10.1. The van der Waals surface area contributed by atoms with Crippen LogP contribution in [0, 0.1) is 0 Å². The molecule has 0 saturated carbocycles. The van der Waals surface area contributed by atoms with Crippen LogP contribution in [0.5, 0.6) is 0 Å². The van der Waals surface area contributed by atoms with E-state index in [0.29, 0.717) is 6.42 Å². The Balaban J connectivity index is 1.72. The molecule has 2 aromatic carbocycles. The lowest BCUT2D eigenvalue weighted by Crippen LogP contribution is -2.55. The Morgan fingerprint density at radius 3 is 1.94 bits per heavy atom. The SMILES string of the molecule is O=C1CC[C@@H](C(=O)N[C@@H](Cc2ccccc2)C(=O)N[C@@H](Cc2ccccc2)C(=O)O)N1. The van der Waals surface area contributed by atoms with Crippen LogP contribution in [0.25, 0.3) is 0 Å². The van der Waals surface area contributed by atoms with E-state index in [1.165, 1.54) is 0 Å². The van der Waals surface area contributed by atoms with Gasteiger partial charge in [0.25, 0.3) is 0 Å². The summed E-state index contributed by atoms with van der Waals surface area (Å²) in [6, 6.07) is 15.3. The van der Waals surface area contributed by atoms with Crippen molar-refractivity contribution in [2.75, 3.05) is 0 Å². The molecule has 0 radical (unpaired) electrons. The van der Waals surface area contributed by atoms with Crippen molar-refractivity contribution in [2.24, 2.45) is 0 Å². The number of carboxylic acid groups (broad SMARTS) is 1. The highest BCUT2D eigenvalue weighted by molar-refractivity contribution is 5.95. The number of hydrogen-bond donors (Lipinski definition) is 4. The number of rotatable bonds is 9. The molecule has 1 aliphatic heterocycles. The summed E-state index contributed by atoms with van der Waals surface area (Å²) < 4.78 is 0. The standard InChI is InChI=1S/C23H25N3O5/c27-20-12-11-17(24-20)21(28)25-18(13-15-7-3-1-4-8-15)22(29)26-19(23(30)31)14-16-9-5-2-6-10-16/h1-10,17-19H,11-14H2,(H,24,27)(H,25,28)(H,26,29)(H,30,31)/t17-,18-,19-/m0/s1. The molecule has 2 aromatic rings. The van der Waals surface area contributed by atoms with Crippen LogP contribution in [0.4, 0.5) is 0 Å². The third kappa shape index (κ3) is 6.40. The van der Waals surface area contributed by atoms with E-state index in [-0.39, 0.29) is 25.2 Å². The topological polar surface area (TPSA) is 125 Å². The van der Waals surface area contributed by atoms with Crippen LogP contribution < -0.4 is 16.0 Å². The summed E-state index contributed by atoms with van der Waals surface area (Å²) in [5, 5.41) is 17.4. The number of nitrogens with one attached hydrogen (secondary N) is 3. The monoisotopic (exact) mass is 423 g/mol. The van der Waals surface area contributed by atoms with Gasteiger partial charge in [-0.3, -0.25) is 14.4 Å². The minimum atomic E-state index is -1.16. The van der Waals surface area contributed by atoms with E-state index in [0.717, 1.165) is 11.1 Å². The molecule has 1 heterocycles. The second-order valence-corrected chi connectivity index (χ2v) is 7.50. The third-order valence-corrected chi connectivity index (χ3v) is 5.12. The van der Waals surface area contributed by atoms with E-state index in [9.17, 15) is 24.3 Å². The number of benzene rings is 2. The Morgan fingerprint density at radius 2 is 1.45 bits per heavy atom. The van der Waals surface area contributed by atoms with Crippen molar-refractivity contribution >= 4 is 23.7 Å². The molecule has 0 aromatic heterocycles. The molecule has 1 saturated heterocycles.